The second-order valence-electron chi connectivity index (χ2n) is 9.28. The van der Waals surface area contributed by atoms with Crippen LogP contribution < -0.4 is 5.73 Å². The van der Waals surface area contributed by atoms with Crippen LogP contribution in [0.2, 0.25) is 0 Å². The molecule has 182 valence electrons. The molecule has 7 heteroatoms. The summed E-state index contributed by atoms with van der Waals surface area (Å²) in [7, 11) is 0. The van der Waals surface area contributed by atoms with Crippen molar-refractivity contribution in [2.75, 3.05) is 5.73 Å². The Morgan fingerprint density at radius 1 is 1.29 bits per heavy atom. The molecule has 1 saturated carbocycles. The summed E-state index contributed by atoms with van der Waals surface area (Å²) in [6.45, 7) is 7.71. The van der Waals surface area contributed by atoms with E-state index in [1.165, 1.54) is 5.56 Å². The fourth-order valence-corrected chi connectivity index (χ4v) is 5.47. The summed E-state index contributed by atoms with van der Waals surface area (Å²) < 4.78 is 2.44. The van der Waals surface area contributed by atoms with E-state index in [0.29, 0.717) is 11.5 Å². The van der Waals surface area contributed by atoms with Gasteiger partial charge in [0.25, 0.3) is 0 Å². The fraction of sp³-hybridized carbons (Fsp3) is 0.321. The van der Waals surface area contributed by atoms with Gasteiger partial charge < -0.3 is 10.8 Å². The Kier molecular flexibility index (Phi) is 7.55. The van der Waals surface area contributed by atoms with Crippen LogP contribution in [0, 0.1) is 18.8 Å². The second-order valence-corrected chi connectivity index (χ2v) is 10.1. The third-order valence-electron chi connectivity index (χ3n) is 7.13. The number of rotatable bonds is 7. The SMILES string of the molecule is C=C/C=C/C(=C\c1ccccc1C)c1cnn2c(N)c(Br)c(C3CCC([C@@H](C)C(=O)O)CC3)nc12. The number of nitrogens with two attached hydrogens (primary N) is 1. The third kappa shape index (κ3) is 5.10. The van der Waals surface area contributed by atoms with Crippen LogP contribution in [0.3, 0.4) is 0 Å². The Hall–Kier alpha value is -3.19. The Morgan fingerprint density at radius 2 is 2.00 bits per heavy atom. The minimum Gasteiger partial charge on any atom is -0.481 e. The first kappa shape index (κ1) is 24.9. The summed E-state index contributed by atoms with van der Waals surface area (Å²) in [4.78, 5) is 16.5. The Balaban J connectivity index is 1.76. The van der Waals surface area contributed by atoms with Gasteiger partial charge in [0.1, 0.15) is 5.82 Å². The van der Waals surface area contributed by atoms with Gasteiger partial charge in [-0.25, -0.2) is 4.98 Å². The van der Waals surface area contributed by atoms with Crippen molar-refractivity contribution in [3.8, 4) is 0 Å². The Bertz CT molecular complexity index is 1320. The first-order chi connectivity index (χ1) is 16.8. The number of allylic oxidation sites excluding steroid dienone is 4. The monoisotopic (exact) mass is 534 g/mol. The predicted molar refractivity (Wildman–Crippen MR) is 145 cm³/mol. The van der Waals surface area contributed by atoms with Crippen LogP contribution in [0.5, 0.6) is 0 Å². The van der Waals surface area contributed by atoms with Gasteiger partial charge in [-0.1, -0.05) is 56.0 Å². The van der Waals surface area contributed by atoms with Crippen LogP contribution in [0.4, 0.5) is 5.82 Å². The van der Waals surface area contributed by atoms with E-state index in [9.17, 15) is 9.90 Å². The Morgan fingerprint density at radius 3 is 2.66 bits per heavy atom. The van der Waals surface area contributed by atoms with E-state index in [2.05, 4.69) is 52.7 Å². The molecule has 0 amide bonds. The molecule has 35 heavy (non-hydrogen) atoms. The zero-order valence-electron chi connectivity index (χ0n) is 20.1. The summed E-state index contributed by atoms with van der Waals surface area (Å²) in [5.74, 6) is -0.124. The normalized spacial score (nSPS) is 19.8. The van der Waals surface area contributed by atoms with Crippen LogP contribution in [-0.4, -0.2) is 25.7 Å². The van der Waals surface area contributed by atoms with Gasteiger partial charge in [-0.05, 0) is 77.2 Å². The highest BCUT2D eigenvalue weighted by Crippen LogP contribution is 2.42. The number of carbonyl (C=O) groups is 1. The molecule has 1 aromatic carbocycles. The van der Waals surface area contributed by atoms with Crippen molar-refractivity contribution in [1.29, 1.82) is 0 Å². The van der Waals surface area contributed by atoms with Crippen LogP contribution in [0.15, 0.2) is 59.7 Å². The quantitative estimate of drug-likeness (QED) is 0.330. The molecule has 1 fully saturated rings. The second kappa shape index (κ2) is 10.6. The summed E-state index contributed by atoms with van der Waals surface area (Å²) >= 11 is 3.67. The average Bonchev–Trinajstić information content (AvgIpc) is 3.28. The number of aryl methyl sites for hydroxylation is 1. The maximum Gasteiger partial charge on any atom is 0.306 e. The van der Waals surface area contributed by atoms with Crippen molar-refractivity contribution in [2.24, 2.45) is 11.8 Å². The maximum atomic E-state index is 11.4. The molecule has 4 rings (SSSR count). The van der Waals surface area contributed by atoms with Gasteiger partial charge in [-0.3, -0.25) is 4.79 Å². The molecule has 3 aromatic rings. The first-order valence-electron chi connectivity index (χ1n) is 11.9. The lowest BCUT2D eigenvalue weighted by molar-refractivity contribution is -0.143. The van der Waals surface area contributed by atoms with E-state index in [0.717, 1.165) is 52.5 Å². The lowest BCUT2D eigenvalue weighted by Gasteiger charge is -2.31. The molecule has 1 aliphatic carbocycles. The van der Waals surface area contributed by atoms with E-state index in [1.807, 2.05) is 31.2 Å². The summed E-state index contributed by atoms with van der Waals surface area (Å²) in [5.41, 5.74) is 12.3. The van der Waals surface area contributed by atoms with E-state index in [-0.39, 0.29) is 17.8 Å². The van der Waals surface area contributed by atoms with Crippen molar-refractivity contribution in [3.05, 3.63) is 82.1 Å². The number of aromatic nitrogens is 3. The standard InChI is InChI=1S/C28H31BrN4O2/c1-4-5-9-22(15-21-10-7-6-8-17(21)2)23-16-31-33-26(30)24(29)25(32-27(23)33)20-13-11-19(12-14-20)18(3)28(34)35/h4-10,15-16,18-20H,1,11-14,30H2,2-3H3,(H,34,35)/b9-5+,22-15+/t18-,19?,20?/m1/s1. The zero-order valence-corrected chi connectivity index (χ0v) is 21.7. The molecule has 0 aliphatic heterocycles. The smallest absolute Gasteiger partial charge is 0.306 e. The highest BCUT2D eigenvalue weighted by molar-refractivity contribution is 9.10. The topological polar surface area (TPSA) is 93.5 Å². The first-order valence-corrected chi connectivity index (χ1v) is 12.7. The van der Waals surface area contributed by atoms with Crippen LogP contribution in [-0.2, 0) is 4.79 Å². The van der Waals surface area contributed by atoms with E-state index in [4.69, 9.17) is 10.7 Å². The van der Waals surface area contributed by atoms with Gasteiger partial charge in [-0.2, -0.15) is 9.61 Å². The fourth-order valence-electron chi connectivity index (χ4n) is 4.89. The molecule has 1 aliphatic rings. The van der Waals surface area contributed by atoms with Gasteiger partial charge in [0, 0.05) is 11.5 Å². The van der Waals surface area contributed by atoms with Crippen molar-refractivity contribution < 1.29 is 9.90 Å². The van der Waals surface area contributed by atoms with Crippen LogP contribution >= 0.6 is 15.9 Å². The van der Waals surface area contributed by atoms with Gasteiger partial charge in [0.2, 0.25) is 0 Å². The van der Waals surface area contributed by atoms with Crippen molar-refractivity contribution >= 4 is 45.0 Å². The minimum atomic E-state index is -0.720. The van der Waals surface area contributed by atoms with Gasteiger partial charge in [-0.15, -0.1) is 0 Å². The van der Waals surface area contributed by atoms with Crippen molar-refractivity contribution in [3.63, 3.8) is 0 Å². The number of nitrogens with zero attached hydrogens (tertiary/aromatic N) is 3. The number of carboxylic acids is 1. The molecule has 0 spiro atoms. The molecule has 1 atom stereocenters. The molecule has 0 unspecified atom stereocenters. The predicted octanol–water partition coefficient (Wildman–Crippen LogP) is 6.66. The third-order valence-corrected chi connectivity index (χ3v) is 7.94. The van der Waals surface area contributed by atoms with Gasteiger partial charge in [0.05, 0.1) is 22.3 Å². The number of anilines is 1. The molecule has 2 aromatic heterocycles. The van der Waals surface area contributed by atoms with Crippen molar-refractivity contribution in [2.45, 2.75) is 45.4 Å². The number of fused-ring (bicyclic) bond motifs is 1. The largest absolute Gasteiger partial charge is 0.481 e. The summed E-state index contributed by atoms with van der Waals surface area (Å²) in [6.07, 6.45) is 13.1. The van der Waals surface area contributed by atoms with Crippen molar-refractivity contribution in [1.82, 2.24) is 14.6 Å². The molecule has 6 nitrogen and oxygen atoms in total. The van der Waals surface area contributed by atoms with Crippen LogP contribution in [0.1, 0.15) is 60.9 Å². The zero-order chi connectivity index (χ0) is 25.1. The number of nitrogen functional groups attached to an aromatic ring is 1. The summed E-state index contributed by atoms with van der Waals surface area (Å²) in [6, 6.07) is 8.23. The number of aliphatic carboxylic acids is 1. The lowest BCUT2D eigenvalue weighted by Crippen LogP contribution is -2.25. The highest BCUT2D eigenvalue weighted by atomic mass is 79.9. The molecule has 0 saturated heterocycles. The van der Waals surface area contributed by atoms with Gasteiger partial charge in [0.15, 0.2) is 5.65 Å². The number of hydrogen-bond donors (Lipinski definition) is 2. The number of carboxylic acid groups (broad SMARTS) is 1. The van der Waals surface area contributed by atoms with E-state index < -0.39 is 5.97 Å². The average molecular weight is 535 g/mol. The van der Waals surface area contributed by atoms with E-state index >= 15 is 0 Å². The maximum absolute atomic E-state index is 11.4. The summed E-state index contributed by atoms with van der Waals surface area (Å²) in [5, 5.41) is 13.9. The highest BCUT2D eigenvalue weighted by Gasteiger charge is 2.31. The number of hydrogen-bond acceptors (Lipinski definition) is 4. The van der Waals surface area contributed by atoms with E-state index in [1.54, 1.807) is 16.8 Å². The minimum absolute atomic E-state index is 0.196. The molecule has 2 heterocycles. The molecule has 0 radical (unpaired) electrons. The van der Waals surface area contributed by atoms with Crippen LogP contribution in [0.25, 0.3) is 17.3 Å². The number of halogens is 1. The number of benzene rings is 1. The molecule has 0 bridgehead atoms. The molecular weight excluding hydrogens is 504 g/mol. The Labute approximate surface area is 214 Å². The lowest BCUT2D eigenvalue weighted by atomic mass is 9.75. The van der Waals surface area contributed by atoms with Gasteiger partial charge >= 0.3 is 5.97 Å². The molecule has 3 N–H and O–H groups in total. The molecular formula is C28H31BrN4O2.